The van der Waals surface area contributed by atoms with Crippen LogP contribution in [0.15, 0.2) is 53.5 Å². The third kappa shape index (κ3) is 7.25. The number of hydrogen-bond donors (Lipinski definition) is 1. The van der Waals surface area contributed by atoms with Crippen molar-refractivity contribution in [2.24, 2.45) is 4.99 Å². The van der Waals surface area contributed by atoms with Gasteiger partial charge in [0.25, 0.3) is 0 Å². The molecule has 8 heteroatoms. The summed E-state index contributed by atoms with van der Waals surface area (Å²) < 4.78 is 11.0. The summed E-state index contributed by atoms with van der Waals surface area (Å²) in [4.78, 5) is 31.7. The highest BCUT2D eigenvalue weighted by molar-refractivity contribution is 8.15. The first-order valence-electron chi connectivity index (χ1n) is 11.8. The second kappa shape index (κ2) is 13.0. The Hall–Kier alpha value is -3.00. The topological polar surface area (TPSA) is 80.2 Å². The standard InChI is InChI=1S/C26H33N3O4S/c1-4-6-7-8-16-33-21-14-12-19(13-15-21)27-24(30)18-23-25(31)29(5-2)26(34-23)28-20-10-9-11-22(17-20)32-3/h9-15,17,23H,4-8,16,18H2,1-3H3,(H,27,30)/t23-/m1/s1. The first-order valence-corrected chi connectivity index (χ1v) is 12.7. The van der Waals surface area contributed by atoms with E-state index in [1.807, 2.05) is 55.5 Å². The van der Waals surface area contributed by atoms with Gasteiger partial charge in [-0.1, -0.05) is 44.0 Å². The number of rotatable bonds is 12. The van der Waals surface area contributed by atoms with Crippen molar-refractivity contribution in [3.05, 3.63) is 48.5 Å². The van der Waals surface area contributed by atoms with E-state index in [1.165, 1.54) is 31.0 Å². The van der Waals surface area contributed by atoms with Crippen LogP contribution in [0.3, 0.4) is 0 Å². The maximum absolute atomic E-state index is 12.9. The fourth-order valence-corrected chi connectivity index (χ4v) is 4.76. The van der Waals surface area contributed by atoms with Crippen LogP contribution in [-0.2, 0) is 9.59 Å². The minimum Gasteiger partial charge on any atom is -0.497 e. The molecule has 2 aromatic rings. The van der Waals surface area contributed by atoms with Gasteiger partial charge in [0.1, 0.15) is 16.7 Å². The lowest BCUT2D eigenvalue weighted by Crippen LogP contribution is -2.33. The summed E-state index contributed by atoms with van der Waals surface area (Å²) in [6.07, 6.45) is 4.71. The molecule has 0 radical (unpaired) electrons. The predicted molar refractivity (Wildman–Crippen MR) is 138 cm³/mol. The Kier molecular flexibility index (Phi) is 9.82. The predicted octanol–water partition coefficient (Wildman–Crippen LogP) is 5.63. The summed E-state index contributed by atoms with van der Waals surface area (Å²) in [6, 6.07) is 14.7. The molecule has 7 nitrogen and oxygen atoms in total. The van der Waals surface area contributed by atoms with E-state index in [0.29, 0.717) is 35.4 Å². The molecule has 1 aliphatic heterocycles. The van der Waals surface area contributed by atoms with E-state index in [-0.39, 0.29) is 18.2 Å². The summed E-state index contributed by atoms with van der Waals surface area (Å²) in [6.45, 7) is 5.27. The lowest BCUT2D eigenvalue weighted by molar-refractivity contribution is -0.128. The Morgan fingerprint density at radius 1 is 1.09 bits per heavy atom. The third-order valence-corrected chi connectivity index (χ3v) is 6.57. The number of thioether (sulfide) groups is 1. The Bertz CT molecular complexity index is 994. The quantitative estimate of drug-likeness (QED) is 0.396. The number of methoxy groups -OCH3 is 1. The van der Waals surface area contributed by atoms with Gasteiger partial charge in [0, 0.05) is 24.7 Å². The van der Waals surface area contributed by atoms with E-state index in [2.05, 4.69) is 17.2 Å². The Morgan fingerprint density at radius 2 is 1.88 bits per heavy atom. The number of anilines is 1. The molecule has 2 amide bonds. The zero-order valence-electron chi connectivity index (χ0n) is 20.1. The number of amides is 2. The largest absolute Gasteiger partial charge is 0.497 e. The maximum atomic E-state index is 12.9. The van der Waals surface area contributed by atoms with Gasteiger partial charge in [-0.2, -0.15) is 0 Å². The van der Waals surface area contributed by atoms with E-state index in [1.54, 1.807) is 12.0 Å². The average molecular weight is 484 g/mol. The van der Waals surface area contributed by atoms with Gasteiger partial charge >= 0.3 is 0 Å². The number of amidine groups is 1. The van der Waals surface area contributed by atoms with Crippen molar-refractivity contribution < 1.29 is 19.1 Å². The zero-order chi connectivity index (χ0) is 24.3. The third-order valence-electron chi connectivity index (χ3n) is 5.39. The summed E-state index contributed by atoms with van der Waals surface area (Å²) in [5, 5.41) is 2.97. The normalized spacial score (nSPS) is 16.7. The number of nitrogens with zero attached hydrogens (tertiary/aromatic N) is 2. The zero-order valence-corrected chi connectivity index (χ0v) is 20.9. The SMILES string of the molecule is CCCCCCOc1ccc(NC(=O)C[C@H]2SC(=Nc3cccc(OC)c3)N(CC)C2=O)cc1. The van der Waals surface area contributed by atoms with E-state index < -0.39 is 5.25 Å². The number of nitrogens with one attached hydrogen (secondary N) is 1. The fraction of sp³-hybridized carbons (Fsp3) is 0.423. The van der Waals surface area contributed by atoms with E-state index in [9.17, 15) is 9.59 Å². The number of aliphatic imine (C=N–C) groups is 1. The highest BCUT2D eigenvalue weighted by Crippen LogP contribution is 2.32. The number of carbonyl (C=O) groups excluding carboxylic acids is 2. The smallest absolute Gasteiger partial charge is 0.242 e. The molecule has 1 saturated heterocycles. The second-order valence-corrected chi connectivity index (χ2v) is 9.14. The van der Waals surface area contributed by atoms with Gasteiger partial charge in [-0.15, -0.1) is 0 Å². The minimum atomic E-state index is -0.505. The van der Waals surface area contributed by atoms with Gasteiger partial charge in [0.2, 0.25) is 11.8 Å². The molecular weight excluding hydrogens is 450 g/mol. The van der Waals surface area contributed by atoms with Crippen LogP contribution >= 0.6 is 11.8 Å². The van der Waals surface area contributed by atoms with Crippen LogP contribution < -0.4 is 14.8 Å². The van der Waals surface area contributed by atoms with E-state index in [0.717, 1.165) is 12.2 Å². The second-order valence-electron chi connectivity index (χ2n) is 7.97. The number of hydrogen-bond acceptors (Lipinski definition) is 6. The summed E-state index contributed by atoms with van der Waals surface area (Å²) in [5.74, 6) is 1.17. The lowest BCUT2D eigenvalue weighted by Gasteiger charge is -2.13. The van der Waals surface area contributed by atoms with Gasteiger partial charge in [-0.25, -0.2) is 4.99 Å². The molecule has 34 heavy (non-hydrogen) atoms. The summed E-state index contributed by atoms with van der Waals surface area (Å²) >= 11 is 1.32. The first-order chi connectivity index (χ1) is 16.5. The van der Waals surface area contributed by atoms with Crippen LogP contribution in [0.25, 0.3) is 0 Å². The number of ether oxygens (including phenoxy) is 2. The van der Waals surface area contributed by atoms with Crippen molar-refractivity contribution in [2.45, 2.75) is 51.2 Å². The average Bonchev–Trinajstić information content (AvgIpc) is 3.13. The molecule has 0 unspecified atom stereocenters. The summed E-state index contributed by atoms with van der Waals surface area (Å²) in [7, 11) is 1.60. The minimum absolute atomic E-state index is 0.0762. The molecule has 0 saturated carbocycles. The molecule has 1 atom stereocenters. The Balaban J connectivity index is 1.55. The van der Waals surface area contributed by atoms with Crippen LogP contribution in [0.5, 0.6) is 11.5 Å². The molecule has 182 valence electrons. The van der Waals surface area contributed by atoms with Crippen molar-refractivity contribution in [3.63, 3.8) is 0 Å². The van der Waals surface area contributed by atoms with Gasteiger partial charge in [-0.05, 0) is 49.7 Å². The van der Waals surface area contributed by atoms with Gasteiger partial charge < -0.3 is 14.8 Å². The van der Waals surface area contributed by atoms with E-state index >= 15 is 0 Å². The molecule has 3 rings (SSSR count). The van der Waals surface area contributed by atoms with Gasteiger partial charge in [0.05, 0.1) is 19.4 Å². The first kappa shape index (κ1) is 25.6. The number of benzene rings is 2. The molecule has 1 heterocycles. The lowest BCUT2D eigenvalue weighted by atomic mass is 10.2. The molecule has 2 aromatic carbocycles. The van der Waals surface area contributed by atoms with Crippen molar-refractivity contribution in [3.8, 4) is 11.5 Å². The van der Waals surface area contributed by atoms with E-state index in [4.69, 9.17) is 9.47 Å². The van der Waals surface area contributed by atoms with Crippen LogP contribution in [0, 0.1) is 0 Å². The van der Waals surface area contributed by atoms with Crippen molar-refractivity contribution in [2.75, 3.05) is 25.6 Å². The Labute approximate surface area is 205 Å². The molecular formula is C26H33N3O4S. The maximum Gasteiger partial charge on any atom is 0.242 e. The van der Waals surface area contributed by atoms with Crippen molar-refractivity contribution >= 4 is 40.1 Å². The van der Waals surface area contributed by atoms with Gasteiger partial charge in [-0.3, -0.25) is 14.5 Å². The van der Waals surface area contributed by atoms with Crippen LogP contribution in [0.4, 0.5) is 11.4 Å². The monoisotopic (exact) mass is 483 g/mol. The molecule has 0 spiro atoms. The fourth-order valence-electron chi connectivity index (χ4n) is 3.54. The Morgan fingerprint density at radius 3 is 2.59 bits per heavy atom. The van der Waals surface area contributed by atoms with Crippen LogP contribution in [-0.4, -0.2) is 47.4 Å². The molecule has 1 fully saturated rings. The van der Waals surface area contributed by atoms with Crippen LogP contribution in [0.1, 0.15) is 46.0 Å². The highest BCUT2D eigenvalue weighted by atomic mass is 32.2. The molecule has 1 aliphatic rings. The number of unbranched alkanes of at least 4 members (excludes halogenated alkanes) is 3. The van der Waals surface area contributed by atoms with Gasteiger partial charge in [0.15, 0.2) is 5.17 Å². The molecule has 0 aliphatic carbocycles. The highest BCUT2D eigenvalue weighted by Gasteiger charge is 2.38. The van der Waals surface area contributed by atoms with Crippen molar-refractivity contribution in [1.29, 1.82) is 0 Å². The molecule has 0 bridgehead atoms. The molecule has 1 N–H and O–H groups in total. The number of carbonyl (C=O) groups is 2. The van der Waals surface area contributed by atoms with Crippen LogP contribution in [0.2, 0.25) is 0 Å². The van der Waals surface area contributed by atoms with Crippen molar-refractivity contribution in [1.82, 2.24) is 4.90 Å². The summed E-state index contributed by atoms with van der Waals surface area (Å²) in [5.41, 5.74) is 1.38. The molecule has 0 aromatic heterocycles.